The molecule has 0 heterocycles. The number of nitrogens with two attached hydrogens (primary N) is 1. The van der Waals surface area contributed by atoms with Crippen molar-refractivity contribution in [2.45, 2.75) is 12.2 Å². The van der Waals surface area contributed by atoms with Crippen LogP contribution in [-0.2, 0) is 0 Å². The summed E-state index contributed by atoms with van der Waals surface area (Å²) in [4.78, 5) is 0. The molecule has 0 radical (unpaired) electrons. The molecule has 0 saturated heterocycles. The molecule has 7 heteroatoms. The fourth-order valence-corrected chi connectivity index (χ4v) is 1.25. The van der Waals surface area contributed by atoms with Crippen molar-refractivity contribution in [3.63, 3.8) is 0 Å². The predicted molar refractivity (Wildman–Crippen MR) is 58.2 cm³/mol. The molecule has 0 spiro atoms. The average Bonchev–Trinajstić information content (AvgIpc) is 2.16. The third-order valence-corrected chi connectivity index (χ3v) is 2.20. The second kappa shape index (κ2) is 5.61. The van der Waals surface area contributed by atoms with E-state index in [2.05, 4.69) is 0 Å². The standard InChI is InChI=1S/C9H9ClF3NO.ClH/c1-15-7-4-5(2-3-6(7)10)8(14)9(11,12)13;/h2-4,8H,14H2,1H3;1H/t8-;/m1./s1. The molecular formula is C9H10Cl2F3NO. The fourth-order valence-electron chi connectivity index (χ4n) is 1.06. The van der Waals surface area contributed by atoms with Gasteiger partial charge in [0.05, 0.1) is 12.1 Å². The van der Waals surface area contributed by atoms with Gasteiger partial charge in [0.2, 0.25) is 0 Å². The molecule has 92 valence electrons. The highest BCUT2D eigenvalue weighted by Crippen LogP contribution is 2.34. The van der Waals surface area contributed by atoms with E-state index < -0.39 is 12.2 Å². The molecule has 0 bridgehead atoms. The number of methoxy groups -OCH3 is 1. The molecule has 0 aliphatic rings. The predicted octanol–water partition coefficient (Wildman–Crippen LogP) is 3.33. The van der Waals surface area contributed by atoms with Gasteiger partial charge in [0.1, 0.15) is 11.8 Å². The Labute approximate surface area is 102 Å². The van der Waals surface area contributed by atoms with E-state index in [9.17, 15) is 13.2 Å². The number of halogens is 5. The monoisotopic (exact) mass is 275 g/mol. The van der Waals surface area contributed by atoms with E-state index in [0.29, 0.717) is 0 Å². The van der Waals surface area contributed by atoms with Gasteiger partial charge in [0.15, 0.2) is 0 Å². The smallest absolute Gasteiger partial charge is 0.407 e. The summed E-state index contributed by atoms with van der Waals surface area (Å²) in [5, 5.41) is 0.246. The van der Waals surface area contributed by atoms with Crippen LogP contribution in [0.5, 0.6) is 5.75 Å². The normalized spacial score (nSPS) is 12.9. The lowest BCUT2D eigenvalue weighted by Crippen LogP contribution is -2.28. The minimum absolute atomic E-state index is 0. The molecule has 16 heavy (non-hydrogen) atoms. The summed E-state index contributed by atoms with van der Waals surface area (Å²) < 4.78 is 41.6. The van der Waals surface area contributed by atoms with E-state index in [-0.39, 0.29) is 28.7 Å². The maximum absolute atomic E-state index is 12.3. The third-order valence-electron chi connectivity index (χ3n) is 1.89. The van der Waals surface area contributed by atoms with Crippen LogP contribution in [0.25, 0.3) is 0 Å². The Kier molecular flexibility index (Phi) is 5.38. The minimum atomic E-state index is -4.47. The van der Waals surface area contributed by atoms with E-state index >= 15 is 0 Å². The van der Waals surface area contributed by atoms with E-state index in [0.717, 1.165) is 0 Å². The molecule has 0 aliphatic carbocycles. The van der Waals surface area contributed by atoms with Gasteiger partial charge in [0, 0.05) is 0 Å². The van der Waals surface area contributed by atoms with Crippen LogP contribution in [0.1, 0.15) is 11.6 Å². The van der Waals surface area contributed by atoms with Crippen molar-refractivity contribution in [3.8, 4) is 5.75 Å². The molecule has 1 aromatic rings. The molecule has 0 saturated carbocycles. The summed E-state index contributed by atoms with van der Waals surface area (Å²) in [7, 11) is 1.32. The lowest BCUT2D eigenvalue weighted by molar-refractivity contribution is -0.149. The van der Waals surface area contributed by atoms with Crippen molar-refractivity contribution in [3.05, 3.63) is 28.8 Å². The lowest BCUT2D eigenvalue weighted by Gasteiger charge is -2.16. The summed E-state index contributed by atoms with van der Waals surface area (Å²) in [6.45, 7) is 0. The van der Waals surface area contributed by atoms with Crippen LogP contribution in [0.15, 0.2) is 18.2 Å². The van der Waals surface area contributed by atoms with Crippen LogP contribution in [0, 0.1) is 0 Å². The quantitative estimate of drug-likeness (QED) is 0.899. The molecule has 2 nitrogen and oxygen atoms in total. The fraction of sp³-hybridized carbons (Fsp3) is 0.333. The first-order valence-electron chi connectivity index (χ1n) is 4.02. The van der Waals surface area contributed by atoms with E-state index in [4.69, 9.17) is 22.1 Å². The number of benzene rings is 1. The van der Waals surface area contributed by atoms with Gasteiger partial charge in [-0.3, -0.25) is 0 Å². The van der Waals surface area contributed by atoms with E-state index in [1.165, 1.54) is 25.3 Å². The number of hydrogen-bond donors (Lipinski definition) is 1. The second-order valence-electron chi connectivity index (χ2n) is 2.91. The summed E-state index contributed by atoms with van der Waals surface area (Å²) in [5.41, 5.74) is 4.94. The highest BCUT2D eigenvalue weighted by Gasteiger charge is 2.38. The van der Waals surface area contributed by atoms with Crippen LogP contribution in [0.4, 0.5) is 13.2 Å². The Morgan fingerprint density at radius 3 is 2.38 bits per heavy atom. The van der Waals surface area contributed by atoms with Crippen LogP contribution in [-0.4, -0.2) is 13.3 Å². The second-order valence-corrected chi connectivity index (χ2v) is 3.32. The van der Waals surface area contributed by atoms with Gasteiger partial charge in [-0.1, -0.05) is 17.7 Å². The maximum atomic E-state index is 12.3. The Balaban J connectivity index is 0.00000225. The number of ether oxygens (including phenoxy) is 1. The van der Waals surface area contributed by atoms with Crippen molar-refractivity contribution < 1.29 is 17.9 Å². The van der Waals surface area contributed by atoms with Crippen molar-refractivity contribution >= 4 is 24.0 Å². The zero-order chi connectivity index (χ0) is 11.6. The molecule has 0 unspecified atom stereocenters. The molecule has 0 fully saturated rings. The molecule has 0 aliphatic heterocycles. The van der Waals surface area contributed by atoms with Crippen molar-refractivity contribution in [2.24, 2.45) is 5.73 Å². The third kappa shape index (κ3) is 3.43. The van der Waals surface area contributed by atoms with E-state index in [1.807, 2.05) is 0 Å². The molecular weight excluding hydrogens is 266 g/mol. The van der Waals surface area contributed by atoms with Gasteiger partial charge in [-0.05, 0) is 17.7 Å². The van der Waals surface area contributed by atoms with Crippen LogP contribution >= 0.6 is 24.0 Å². The Hall–Kier alpha value is -0.650. The SMILES string of the molecule is COc1cc([C@@H](N)C(F)(F)F)ccc1Cl.Cl. The Bertz CT molecular complexity index is 357. The zero-order valence-corrected chi connectivity index (χ0v) is 9.79. The molecule has 1 aromatic carbocycles. The largest absolute Gasteiger partial charge is 0.495 e. The highest BCUT2D eigenvalue weighted by atomic mass is 35.5. The summed E-state index contributed by atoms with van der Waals surface area (Å²) in [6.07, 6.45) is -4.47. The first-order valence-corrected chi connectivity index (χ1v) is 4.39. The van der Waals surface area contributed by atoms with Crippen molar-refractivity contribution in [1.29, 1.82) is 0 Å². The zero-order valence-electron chi connectivity index (χ0n) is 8.22. The lowest BCUT2D eigenvalue weighted by atomic mass is 10.1. The van der Waals surface area contributed by atoms with Gasteiger partial charge in [-0.15, -0.1) is 12.4 Å². The highest BCUT2D eigenvalue weighted by molar-refractivity contribution is 6.32. The topological polar surface area (TPSA) is 35.2 Å². The van der Waals surface area contributed by atoms with Crippen LogP contribution < -0.4 is 10.5 Å². The minimum Gasteiger partial charge on any atom is -0.495 e. The van der Waals surface area contributed by atoms with Gasteiger partial charge < -0.3 is 10.5 Å². The maximum Gasteiger partial charge on any atom is 0.407 e. The van der Waals surface area contributed by atoms with Gasteiger partial charge in [0.25, 0.3) is 0 Å². The first-order chi connectivity index (χ1) is 6.86. The summed E-state index contributed by atoms with van der Waals surface area (Å²) in [6, 6.07) is 1.70. The molecule has 1 rings (SSSR count). The molecule has 0 aromatic heterocycles. The van der Waals surface area contributed by atoms with E-state index in [1.54, 1.807) is 0 Å². The summed E-state index contributed by atoms with van der Waals surface area (Å²) in [5.74, 6) is 0.175. The van der Waals surface area contributed by atoms with Crippen LogP contribution in [0.3, 0.4) is 0 Å². The number of rotatable bonds is 2. The van der Waals surface area contributed by atoms with Gasteiger partial charge >= 0.3 is 6.18 Å². The number of alkyl halides is 3. The Morgan fingerprint density at radius 1 is 1.38 bits per heavy atom. The van der Waals surface area contributed by atoms with Gasteiger partial charge in [-0.2, -0.15) is 13.2 Å². The number of hydrogen-bond acceptors (Lipinski definition) is 2. The van der Waals surface area contributed by atoms with Crippen molar-refractivity contribution in [2.75, 3.05) is 7.11 Å². The van der Waals surface area contributed by atoms with Gasteiger partial charge in [-0.25, -0.2) is 0 Å². The van der Waals surface area contributed by atoms with Crippen molar-refractivity contribution in [1.82, 2.24) is 0 Å². The summed E-state index contributed by atoms with van der Waals surface area (Å²) >= 11 is 5.67. The van der Waals surface area contributed by atoms with Crippen LogP contribution in [0.2, 0.25) is 5.02 Å². The Morgan fingerprint density at radius 2 is 1.94 bits per heavy atom. The average molecular weight is 276 g/mol. The molecule has 2 N–H and O–H groups in total. The molecule has 1 atom stereocenters. The first kappa shape index (κ1) is 15.3. The molecule has 0 amide bonds.